The Bertz CT molecular complexity index is 2060. The van der Waals surface area contributed by atoms with E-state index in [4.69, 9.17) is 33.7 Å². The maximum absolute atomic E-state index is 12.6. The predicted octanol–water partition coefficient (Wildman–Crippen LogP) is 9.75. The zero-order valence-electron chi connectivity index (χ0n) is 31.7. The van der Waals surface area contributed by atoms with E-state index in [1.165, 1.54) is 0 Å². The standard InChI is InChI=1S/C20H18N2O3.C19H18O4.C5H11NSi/c21-14-22-18-12-20(9-4-10-23-13-20)25-19-8-7-16(11-17(18)19)24-15-5-2-1-3-6-15;20-17-12-19(9-4-10-21-13-19)23-18-8-7-15(11-16(17)18)22-14-5-2-1-3-6-14;1-5-6-7(2,3)4/h1-3,5-8,11H,4,9-10,12-13H2;1-3,5-8,11H,4,9-10,12-13H2;1H2,2-4H3. The molecule has 0 N–H and O–H groups in total. The molecule has 2 unspecified atom stereocenters. The lowest BCUT2D eigenvalue weighted by Crippen LogP contribution is -2.48. The number of benzene rings is 4. The van der Waals surface area contributed by atoms with Crippen LogP contribution < -0.4 is 18.9 Å². The van der Waals surface area contributed by atoms with Gasteiger partial charge in [-0.3, -0.25) is 9.45 Å². The maximum Gasteiger partial charge on any atom is 0.205 e. The summed E-state index contributed by atoms with van der Waals surface area (Å²) in [6.07, 6.45) is 6.50. The molecule has 4 aliphatic rings. The predicted molar refractivity (Wildman–Crippen MR) is 215 cm³/mol. The molecule has 2 atom stereocenters. The van der Waals surface area contributed by atoms with Gasteiger partial charge >= 0.3 is 0 Å². The fourth-order valence-electron chi connectivity index (χ4n) is 6.83. The smallest absolute Gasteiger partial charge is 0.205 e. The van der Waals surface area contributed by atoms with Crippen molar-refractivity contribution in [1.82, 2.24) is 0 Å². The van der Waals surface area contributed by atoms with Crippen LogP contribution in [-0.2, 0) is 9.47 Å². The van der Waals surface area contributed by atoms with Crippen LogP contribution in [0.25, 0.3) is 0 Å². The van der Waals surface area contributed by atoms with E-state index >= 15 is 0 Å². The molecule has 0 bridgehead atoms. The SMILES string of the molecule is C=C=N[Si](C)(C)C.N#CN=C1CC2(CCCOC2)Oc2ccc(Oc3ccccc3)cc21.O=C1CC2(CCCOC2)Oc2ccc(Oc3ccccc3)cc21. The Morgan fingerprint density at radius 3 is 1.67 bits per heavy atom. The number of Topliss-reactive ketones (excluding diaryl/α,β-unsaturated/α-hetero) is 1. The number of nitrogens with zero attached hydrogens (tertiary/aromatic N) is 3. The number of hydrogen-bond donors (Lipinski definition) is 0. The van der Waals surface area contributed by atoms with E-state index in [0.717, 1.165) is 67.4 Å². The molecule has 2 fully saturated rings. The van der Waals surface area contributed by atoms with Crippen molar-refractivity contribution < 1.29 is 33.2 Å². The summed E-state index contributed by atoms with van der Waals surface area (Å²) in [6, 6.07) is 30.2. The van der Waals surface area contributed by atoms with E-state index in [9.17, 15) is 4.79 Å². The van der Waals surface area contributed by atoms with Gasteiger partial charge in [0.15, 0.2) is 14.0 Å². The Kier molecular flexibility index (Phi) is 12.7. The first-order chi connectivity index (χ1) is 26.6. The lowest BCUT2D eigenvalue weighted by molar-refractivity contribution is -0.0716. The van der Waals surface area contributed by atoms with Crippen molar-refractivity contribution in [1.29, 1.82) is 5.26 Å². The molecule has 0 aromatic heterocycles. The van der Waals surface area contributed by atoms with Gasteiger partial charge in [0.1, 0.15) is 45.7 Å². The molecule has 4 aromatic rings. The Balaban J connectivity index is 0.000000160. The van der Waals surface area contributed by atoms with E-state index in [0.29, 0.717) is 48.9 Å². The zero-order chi connectivity index (χ0) is 38.7. The number of ether oxygens (including phenoxy) is 6. The molecule has 284 valence electrons. The van der Waals surface area contributed by atoms with Crippen molar-refractivity contribution in [2.75, 3.05) is 26.4 Å². The van der Waals surface area contributed by atoms with Crippen LogP contribution in [0.15, 0.2) is 113 Å². The molecule has 0 aliphatic carbocycles. The first kappa shape index (κ1) is 39.2. The number of hydrogen-bond acceptors (Lipinski definition) is 10. The quantitative estimate of drug-likeness (QED) is 0.112. The van der Waals surface area contributed by atoms with E-state index < -0.39 is 19.4 Å². The molecule has 4 aliphatic heterocycles. The van der Waals surface area contributed by atoms with E-state index in [-0.39, 0.29) is 5.78 Å². The van der Waals surface area contributed by atoms with Gasteiger partial charge in [0.05, 0.1) is 30.9 Å². The Morgan fingerprint density at radius 1 is 0.709 bits per heavy atom. The number of carbonyl (C=O) groups excluding carboxylic acids is 1. The summed E-state index contributed by atoms with van der Waals surface area (Å²) in [7, 11) is -1.21. The highest BCUT2D eigenvalue weighted by molar-refractivity contribution is 6.75. The van der Waals surface area contributed by atoms with Crippen molar-refractivity contribution in [3.8, 4) is 40.7 Å². The van der Waals surface area contributed by atoms with Gasteiger partial charge in [0.25, 0.3) is 0 Å². The van der Waals surface area contributed by atoms with E-state index in [1.54, 1.807) is 6.07 Å². The molecule has 4 aromatic carbocycles. The fourth-order valence-corrected chi connectivity index (χ4v) is 7.31. The fraction of sp³-hybridized carbons (Fsp3) is 0.341. The van der Waals surface area contributed by atoms with Gasteiger partial charge in [-0.1, -0.05) is 36.4 Å². The van der Waals surface area contributed by atoms with Crippen LogP contribution in [0.1, 0.15) is 54.4 Å². The molecule has 8 rings (SSSR count). The largest absolute Gasteiger partial charge is 0.484 e. The van der Waals surface area contributed by atoms with Crippen molar-refractivity contribution >= 4 is 25.6 Å². The molecule has 0 amide bonds. The molecule has 2 saturated heterocycles. The van der Waals surface area contributed by atoms with Gasteiger partial charge in [-0.15, -0.1) is 0 Å². The summed E-state index contributed by atoms with van der Waals surface area (Å²) < 4.78 is 39.3. The summed E-state index contributed by atoms with van der Waals surface area (Å²) in [4.78, 5) is 16.6. The number of rotatable bonds is 5. The number of para-hydroxylation sites is 2. The second-order valence-corrected chi connectivity index (χ2v) is 19.5. The normalized spacial score (nSPS) is 21.7. The van der Waals surface area contributed by atoms with Crippen LogP contribution in [0.3, 0.4) is 0 Å². The van der Waals surface area contributed by atoms with Gasteiger partial charge in [-0.05, 0) is 118 Å². The third kappa shape index (κ3) is 10.6. The number of aliphatic imine (C=N–C) groups is 1. The third-order valence-corrected chi connectivity index (χ3v) is 10.1. The minimum absolute atomic E-state index is 0.0928. The van der Waals surface area contributed by atoms with Crippen LogP contribution in [0.2, 0.25) is 19.6 Å². The maximum atomic E-state index is 12.6. The van der Waals surface area contributed by atoms with Crippen molar-refractivity contribution in [3.05, 3.63) is 115 Å². The van der Waals surface area contributed by atoms with Crippen molar-refractivity contribution in [3.63, 3.8) is 0 Å². The summed E-state index contributed by atoms with van der Waals surface area (Å²) in [5, 5.41) is 9.09. The van der Waals surface area contributed by atoms with Crippen LogP contribution in [0.4, 0.5) is 0 Å². The average Bonchev–Trinajstić information content (AvgIpc) is 3.17. The molecular formula is C44H47N3O7Si. The number of nitriles is 1. The molecule has 0 saturated carbocycles. The second-order valence-electron chi connectivity index (χ2n) is 14.9. The van der Waals surface area contributed by atoms with Gasteiger partial charge in [-0.2, -0.15) is 10.3 Å². The Morgan fingerprint density at radius 2 is 1.22 bits per heavy atom. The van der Waals surface area contributed by atoms with Crippen LogP contribution in [0, 0.1) is 11.5 Å². The molecule has 11 heteroatoms. The van der Waals surface area contributed by atoms with Gasteiger partial charge in [0.2, 0.25) is 6.19 Å². The van der Waals surface area contributed by atoms with Crippen LogP contribution in [-0.4, -0.2) is 63.2 Å². The van der Waals surface area contributed by atoms with Gasteiger partial charge < -0.3 is 28.4 Å². The number of ketones is 1. The summed E-state index contributed by atoms with van der Waals surface area (Å²) in [5.74, 6) is 6.83. The minimum Gasteiger partial charge on any atom is -0.484 e. The van der Waals surface area contributed by atoms with Crippen molar-refractivity contribution in [2.24, 2.45) is 9.65 Å². The highest BCUT2D eigenvalue weighted by Gasteiger charge is 2.43. The lowest BCUT2D eigenvalue weighted by atomic mass is 9.85. The summed E-state index contributed by atoms with van der Waals surface area (Å²) in [6.45, 7) is 12.3. The van der Waals surface area contributed by atoms with E-state index in [1.807, 2.05) is 97.2 Å². The monoisotopic (exact) mass is 757 g/mol. The lowest BCUT2D eigenvalue weighted by Gasteiger charge is -2.41. The van der Waals surface area contributed by atoms with Crippen LogP contribution >= 0.6 is 0 Å². The molecule has 10 nitrogen and oxygen atoms in total. The van der Waals surface area contributed by atoms with Crippen molar-refractivity contribution in [2.45, 2.75) is 69.4 Å². The van der Waals surface area contributed by atoms with Gasteiger partial charge in [0, 0.05) is 25.2 Å². The average molecular weight is 758 g/mol. The Labute approximate surface area is 324 Å². The molecule has 2 spiro atoms. The minimum atomic E-state index is -1.21. The first-order valence-corrected chi connectivity index (χ1v) is 22.0. The molecule has 4 heterocycles. The van der Waals surface area contributed by atoms with Gasteiger partial charge in [-0.25, -0.2) is 0 Å². The zero-order valence-corrected chi connectivity index (χ0v) is 32.7. The summed E-state index contributed by atoms with van der Waals surface area (Å²) >= 11 is 0. The second kappa shape index (κ2) is 17.8. The highest BCUT2D eigenvalue weighted by Crippen LogP contribution is 2.41. The summed E-state index contributed by atoms with van der Waals surface area (Å²) in [5.41, 5.74) is 1.24. The van der Waals surface area contributed by atoms with Crippen LogP contribution in [0.5, 0.6) is 34.5 Å². The number of fused-ring (bicyclic) bond motifs is 2. The Hall–Kier alpha value is -5.50. The molecular weight excluding hydrogens is 711 g/mol. The third-order valence-electron chi connectivity index (χ3n) is 9.27. The molecule has 55 heavy (non-hydrogen) atoms. The first-order valence-electron chi connectivity index (χ1n) is 18.6. The topological polar surface area (TPSA) is 121 Å². The highest BCUT2D eigenvalue weighted by atomic mass is 28.3. The molecule has 0 radical (unpaired) electrons. The number of carbonyl (C=O) groups is 1. The van der Waals surface area contributed by atoms with E-state index in [2.05, 4.69) is 41.7 Å².